The van der Waals surface area contributed by atoms with Gasteiger partial charge in [0.15, 0.2) is 11.6 Å². The Morgan fingerprint density at radius 1 is 1.00 bits per heavy atom. The number of para-hydroxylation sites is 1. The SMILES string of the molecule is c1coc(-c2ncc3c(n2)CCN(Cc2ccc4ccccc4n2)C3)c1. The van der Waals surface area contributed by atoms with Crippen molar-refractivity contribution < 1.29 is 4.42 Å². The highest BCUT2D eigenvalue weighted by molar-refractivity contribution is 5.78. The minimum absolute atomic E-state index is 0.665. The number of rotatable bonds is 3. The molecule has 5 heteroatoms. The molecule has 0 aliphatic carbocycles. The molecule has 0 radical (unpaired) electrons. The van der Waals surface area contributed by atoms with Gasteiger partial charge in [-0.1, -0.05) is 24.3 Å². The zero-order valence-electron chi connectivity index (χ0n) is 14.3. The van der Waals surface area contributed by atoms with Crippen molar-refractivity contribution in [3.05, 3.63) is 77.9 Å². The first kappa shape index (κ1) is 15.2. The molecule has 0 amide bonds. The number of hydrogen-bond acceptors (Lipinski definition) is 5. The van der Waals surface area contributed by atoms with E-state index in [4.69, 9.17) is 14.4 Å². The number of furan rings is 1. The van der Waals surface area contributed by atoms with Crippen molar-refractivity contribution in [2.24, 2.45) is 0 Å². The van der Waals surface area contributed by atoms with E-state index in [1.54, 1.807) is 6.26 Å². The summed E-state index contributed by atoms with van der Waals surface area (Å²) >= 11 is 0. The summed E-state index contributed by atoms with van der Waals surface area (Å²) in [5.41, 5.74) is 4.45. The van der Waals surface area contributed by atoms with Crippen LogP contribution in [0.25, 0.3) is 22.5 Å². The van der Waals surface area contributed by atoms with Gasteiger partial charge >= 0.3 is 0 Å². The first-order chi connectivity index (χ1) is 12.8. The lowest BCUT2D eigenvalue weighted by molar-refractivity contribution is 0.240. The molecule has 0 atom stereocenters. The zero-order chi connectivity index (χ0) is 17.3. The molecule has 0 bridgehead atoms. The van der Waals surface area contributed by atoms with Crippen LogP contribution in [0, 0.1) is 0 Å². The minimum atomic E-state index is 0.665. The Labute approximate surface area is 151 Å². The molecule has 4 aromatic rings. The monoisotopic (exact) mass is 342 g/mol. The van der Waals surface area contributed by atoms with Gasteiger partial charge in [-0.3, -0.25) is 9.88 Å². The number of aromatic nitrogens is 3. The summed E-state index contributed by atoms with van der Waals surface area (Å²) in [5, 5.41) is 1.18. The van der Waals surface area contributed by atoms with Crippen molar-refractivity contribution in [1.82, 2.24) is 19.9 Å². The Morgan fingerprint density at radius 2 is 1.96 bits per heavy atom. The molecule has 0 N–H and O–H groups in total. The van der Waals surface area contributed by atoms with Gasteiger partial charge in [-0.2, -0.15) is 0 Å². The maximum atomic E-state index is 5.40. The zero-order valence-corrected chi connectivity index (χ0v) is 14.3. The lowest BCUT2D eigenvalue weighted by atomic mass is 10.1. The summed E-state index contributed by atoms with van der Waals surface area (Å²) in [6.45, 7) is 2.66. The van der Waals surface area contributed by atoms with Gasteiger partial charge in [0, 0.05) is 43.2 Å². The molecule has 26 heavy (non-hydrogen) atoms. The van der Waals surface area contributed by atoms with Crippen LogP contribution in [0.15, 0.2) is 65.4 Å². The standard InChI is InChI=1S/C21H18N4O/c1-2-5-18-15(4-1)7-8-17(23-18)14-25-10-9-19-16(13-25)12-22-21(24-19)20-6-3-11-26-20/h1-8,11-12H,9-10,13-14H2. The summed E-state index contributed by atoms with van der Waals surface area (Å²) in [6, 6.07) is 16.2. The average molecular weight is 342 g/mol. The topological polar surface area (TPSA) is 55.1 Å². The summed E-state index contributed by atoms with van der Waals surface area (Å²) < 4.78 is 5.40. The number of fused-ring (bicyclic) bond motifs is 2. The fourth-order valence-corrected chi connectivity index (χ4v) is 3.46. The van der Waals surface area contributed by atoms with Gasteiger partial charge in [-0.05, 0) is 24.3 Å². The Balaban J connectivity index is 1.35. The van der Waals surface area contributed by atoms with Crippen LogP contribution in [-0.2, 0) is 19.5 Å². The quantitative estimate of drug-likeness (QED) is 0.566. The Bertz CT molecular complexity index is 1060. The second kappa shape index (κ2) is 6.35. The van der Waals surface area contributed by atoms with Gasteiger partial charge in [-0.25, -0.2) is 9.97 Å². The van der Waals surface area contributed by atoms with E-state index in [2.05, 4.69) is 34.1 Å². The largest absolute Gasteiger partial charge is 0.461 e. The fraction of sp³-hybridized carbons (Fsp3) is 0.190. The van der Waals surface area contributed by atoms with Crippen molar-refractivity contribution in [2.45, 2.75) is 19.5 Å². The highest BCUT2D eigenvalue weighted by atomic mass is 16.3. The van der Waals surface area contributed by atoms with Crippen molar-refractivity contribution in [3.8, 4) is 11.6 Å². The first-order valence-electron chi connectivity index (χ1n) is 8.81. The second-order valence-corrected chi connectivity index (χ2v) is 6.60. The van der Waals surface area contributed by atoms with Gasteiger partial charge in [0.2, 0.25) is 0 Å². The van der Waals surface area contributed by atoms with Crippen LogP contribution in [0.5, 0.6) is 0 Å². The summed E-state index contributed by atoms with van der Waals surface area (Å²) in [5.74, 6) is 1.38. The predicted molar refractivity (Wildman–Crippen MR) is 99.3 cm³/mol. The van der Waals surface area contributed by atoms with E-state index in [1.165, 1.54) is 10.9 Å². The molecular weight excluding hydrogens is 324 g/mol. The van der Waals surface area contributed by atoms with Crippen LogP contribution in [0.1, 0.15) is 17.0 Å². The molecule has 3 aromatic heterocycles. The molecule has 5 nitrogen and oxygen atoms in total. The third kappa shape index (κ3) is 2.86. The van der Waals surface area contributed by atoms with Crippen molar-refractivity contribution >= 4 is 10.9 Å². The molecule has 5 rings (SSSR count). The van der Waals surface area contributed by atoms with Crippen molar-refractivity contribution in [3.63, 3.8) is 0 Å². The number of benzene rings is 1. The molecule has 0 spiro atoms. The van der Waals surface area contributed by atoms with Crippen LogP contribution in [0.4, 0.5) is 0 Å². The Kier molecular flexibility index (Phi) is 3.72. The van der Waals surface area contributed by atoms with Gasteiger partial charge in [-0.15, -0.1) is 0 Å². The minimum Gasteiger partial charge on any atom is -0.461 e. The predicted octanol–water partition coefficient (Wildman–Crippen LogP) is 3.84. The van der Waals surface area contributed by atoms with E-state index in [1.807, 2.05) is 30.5 Å². The molecule has 0 fully saturated rings. The maximum absolute atomic E-state index is 5.40. The molecule has 1 aliphatic rings. The summed E-state index contributed by atoms with van der Waals surface area (Å²) in [4.78, 5) is 16.3. The van der Waals surface area contributed by atoms with E-state index in [0.29, 0.717) is 5.82 Å². The molecule has 0 saturated heterocycles. The maximum Gasteiger partial charge on any atom is 0.195 e. The average Bonchev–Trinajstić information content (AvgIpc) is 3.22. The van der Waals surface area contributed by atoms with Crippen LogP contribution in [0.3, 0.4) is 0 Å². The fourth-order valence-electron chi connectivity index (χ4n) is 3.46. The van der Waals surface area contributed by atoms with Gasteiger partial charge < -0.3 is 4.42 Å². The molecule has 0 unspecified atom stereocenters. The molecule has 4 heterocycles. The lowest BCUT2D eigenvalue weighted by Crippen LogP contribution is -2.31. The van der Waals surface area contributed by atoms with E-state index in [9.17, 15) is 0 Å². The molecule has 0 saturated carbocycles. The highest BCUT2D eigenvalue weighted by Crippen LogP contribution is 2.22. The lowest BCUT2D eigenvalue weighted by Gasteiger charge is -2.27. The first-order valence-corrected chi connectivity index (χ1v) is 8.81. The van der Waals surface area contributed by atoms with Gasteiger partial charge in [0.25, 0.3) is 0 Å². The van der Waals surface area contributed by atoms with Crippen molar-refractivity contribution in [1.29, 1.82) is 0 Å². The molecular formula is C21H18N4O. The Hall–Kier alpha value is -3.05. The second-order valence-electron chi connectivity index (χ2n) is 6.60. The highest BCUT2D eigenvalue weighted by Gasteiger charge is 2.19. The molecule has 128 valence electrons. The molecule has 1 aromatic carbocycles. The van der Waals surface area contributed by atoms with Crippen LogP contribution < -0.4 is 0 Å². The molecule has 1 aliphatic heterocycles. The van der Waals surface area contributed by atoms with Crippen LogP contribution in [0.2, 0.25) is 0 Å². The normalized spacial score (nSPS) is 14.5. The van der Waals surface area contributed by atoms with E-state index >= 15 is 0 Å². The third-order valence-corrected chi connectivity index (χ3v) is 4.80. The number of nitrogens with zero attached hydrogens (tertiary/aromatic N) is 4. The Morgan fingerprint density at radius 3 is 2.88 bits per heavy atom. The van der Waals surface area contributed by atoms with Gasteiger partial charge in [0.1, 0.15) is 0 Å². The van der Waals surface area contributed by atoms with Crippen LogP contribution in [-0.4, -0.2) is 26.4 Å². The number of hydrogen-bond donors (Lipinski definition) is 0. The van der Waals surface area contributed by atoms with E-state index in [-0.39, 0.29) is 0 Å². The van der Waals surface area contributed by atoms with Crippen molar-refractivity contribution in [2.75, 3.05) is 6.54 Å². The van der Waals surface area contributed by atoms with Crippen LogP contribution >= 0.6 is 0 Å². The summed E-state index contributed by atoms with van der Waals surface area (Å²) in [7, 11) is 0. The third-order valence-electron chi connectivity index (χ3n) is 4.80. The smallest absolute Gasteiger partial charge is 0.195 e. The number of pyridine rings is 1. The summed E-state index contributed by atoms with van der Waals surface area (Å²) in [6.07, 6.45) is 4.50. The van der Waals surface area contributed by atoms with E-state index < -0.39 is 0 Å². The van der Waals surface area contributed by atoms with Gasteiger partial charge in [0.05, 0.1) is 23.2 Å². The van der Waals surface area contributed by atoms with E-state index in [0.717, 1.165) is 48.7 Å².